The van der Waals surface area contributed by atoms with Gasteiger partial charge >= 0.3 is 0 Å². The molecule has 6 heteroatoms. The van der Waals surface area contributed by atoms with Crippen LogP contribution in [0, 0.1) is 5.92 Å². The number of rotatable bonds is 5. The molecule has 6 nitrogen and oxygen atoms in total. The van der Waals surface area contributed by atoms with Crippen LogP contribution in [0.15, 0.2) is 12.3 Å². The van der Waals surface area contributed by atoms with E-state index in [0.717, 1.165) is 31.7 Å². The highest BCUT2D eigenvalue weighted by Crippen LogP contribution is 2.22. The predicted molar refractivity (Wildman–Crippen MR) is 86.7 cm³/mol. The van der Waals surface area contributed by atoms with Crippen LogP contribution in [0.1, 0.15) is 46.6 Å². The minimum absolute atomic E-state index is 0.00195. The summed E-state index contributed by atoms with van der Waals surface area (Å²) in [7, 11) is 0. The number of nitrogens with one attached hydrogen (secondary N) is 1. The lowest BCUT2D eigenvalue weighted by molar-refractivity contribution is -0.121. The van der Waals surface area contributed by atoms with Crippen LogP contribution in [0.25, 0.3) is 0 Å². The normalized spacial score (nSPS) is 20.1. The van der Waals surface area contributed by atoms with E-state index in [-0.39, 0.29) is 24.1 Å². The molecule has 1 aromatic heterocycles. The fourth-order valence-electron chi connectivity index (χ4n) is 3.01. The largest absolute Gasteiger partial charge is 0.393 e. The van der Waals surface area contributed by atoms with E-state index in [1.807, 2.05) is 38.4 Å². The van der Waals surface area contributed by atoms with Gasteiger partial charge in [-0.05, 0) is 59.5 Å². The molecule has 0 spiro atoms. The zero-order chi connectivity index (χ0) is 16.3. The van der Waals surface area contributed by atoms with E-state index in [4.69, 9.17) is 0 Å². The second-order valence-corrected chi connectivity index (χ2v) is 6.53. The van der Waals surface area contributed by atoms with Crippen LogP contribution in [-0.2, 0) is 4.79 Å². The summed E-state index contributed by atoms with van der Waals surface area (Å²) in [6, 6.07) is 1.86. The second kappa shape index (κ2) is 7.24. The maximum Gasteiger partial charge on any atom is 0.242 e. The van der Waals surface area contributed by atoms with E-state index < -0.39 is 0 Å². The van der Waals surface area contributed by atoms with Crippen LogP contribution < -0.4 is 5.32 Å². The van der Waals surface area contributed by atoms with Gasteiger partial charge in [-0.15, -0.1) is 0 Å². The molecule has 1 amide bonds. The Balaban J connectivity index is 1.91. The lowest BCUT2D eigenvalue weighted by Crippen LogP contribution is -2.47. The molecule has 1 saturated heterocycles. The molecule has 2 N–H and O–H groups in total. The standard InChI is InChI=1S/C16H28N4O2/c1-11(2)20-15(5-8-17-20)18-16(22)12(3)19-9-6-14(7-10-19)13(4)21/h5,8,11-14,21H,6-7,9-10H2,1-4H3,(H,18,22). The summed E-state index contributed by atoms with van der Waals surface area (Å²) in [4.78, 5) is 14.6. The fourth-order valence-corrected chi connectivity index (χ4v) is 3.01. The molecule has 1 aliphatic heterocycles. The van der Waals surface area contributed by atoms with E-state index in [1.54, 1.807) is 6.20 Å². The van der Waals surface area contributed by atoms with Crippen molar-refractivity contribution in [2.75, 3.05) is 18.4 Å². The number of nitrogens with zero attached hydrogens (tertiary/aromatic N) is 3. The molecule has 0 radical (unpaired) electrons. The van der Waals surface area contributed by atoms with Gasteiger partial charge in [0.15, 0.2) is 0 Å². The van der Waals surface area contributed by atoms with Crippen molar-refractivity contribution in [1.82, 2.24) is 14.7 Å². The zero-order valence-corrected chi connectivity index (χ0v) is 14.0. The lowest BCUT2D eigenvalue weighted by atomic mass is 9.91. The van der Waals surface area contributed by atoms with E-state index in [0.29, 0.717) is 5.92 Å². The van der Waals surface area contributed by atoms with Gasteiger partial charge in [0.05, 0.1) is 18.3 Å². The summed E-state index contributed by atoms with van der Waals surface area (Å²) < 4.78 is 1.81. The molecule has 0 bridgehead atoms. The van der Waals surface area contributed by atoms with Crippen LogP contribution in [0.4, 0.5) is 5.82 Å². The number of hydrogen-bond donors (Lipinski definition) is 2. The number of carbonyl (C=O) groups is 1. The molecule has 22 heavy (non-hydrogen) atoms. The first kappa shape index (κ1) is 17.0. The Morgan fingerprint density at radius 3 is 2.50 bits per heavy atom. The van der Waals surface area contributed by atoms with E-state index >= 15 is 0 Å². The number of likely N-dealkylation sites (tertiary alicyclic amines) is 1. The summed E-state index contributed by atoms with van der Waals surface area (Å²) in [6.07, 6.45) is 3.33. The van der Waals surface area contributed by atoms with Gasteiger partial charge in [-0.2, -0.15) is 5.10 Å². The molecule has 1 fully saturated rings. The smallest absolute Gasteiger partial charge is 0.242 e. The Morgan fingerprint density at radius 1 is 1.32 bits per heavy atom. The molecule has 0 saturated carbocycles. The van der Waals surface area contributed by atoms with Gasteiger partial charge in [-0.25, -0.2) is 4.68 Å². The van der Waals surface area contributed by atoms with E-state index in [2.05, 4.69) is 15.3 Å². The van der Waals surface area contributed by atoms with Crippen LogP contribution in [0.3, 0.4) is 0 Å². The molecular formula is C16H28N4O2. The number of hydrogen-bond acceptors (Lipinski definition) is 4. The Labute approximate surface area is 132 Å². The Morgan fingerprint density at radius 2 is 1.95 bits per heavy atom. The Hall–Kier alpha value is -1.40. The monoisotopic (exact) mass is 308 g/mol. The van der Waals surface area contributed by atoms with E-state index in [9.17, 15) is 9.90 Å². The third-order valence-electron chi connectivity index (χ3n) is 4.59. The molecular weight excluding hydrogens is 280 g/mol. The number of aliphatic hydroxyl groups excluding tert-OH is 1. The van der Waals surface area contributed by atoms with Gasteiger partial charge in [0.2, 0.25) is 5.91 Å². The summed E-state index contributed by atoms with van der Waals surface area (Å²) in [6.45, 7) is 9.57. The molecule has 1 aromatic rings. The highest BCUT2D eigenvalue weighted by atomic mass is 16.3. The summed E-state index contributed by atoms with van der Waals surface area (Å²) in [5, 5.41) is 16.9. The minimum atomic E-state index is -0.258. The number of aromatic nitrogens is 2. The van der Waals surface area contributed by atoms with E-state index in [1.165, 1.54) is 0 Å². The SMILES string of the molecule is CC(O)C1CCN(C(C)C(=O)Nc2ccnn2C(C)C)CC1. The molecule has 124 valence electrons. The van der Waals surface area contributed by atoms with Crippen molar-refractivity contribution in [3.8, 4) is 0 Å². The number of aliphatic hydroxyl groups is 1. The highest BCUT2D eigenvalue weighted by molar-refractivity contribution is 5.93. The Bertz CT molecular complexity index is 490. The average molecular weight is 308 g/mol. The molecule has 2 atom stereocenters. The number of amides is 1. The maximum absolute atomic E-state index is 12.5. The van der Waals surface area contributed by atoms with Gasteiger partial charge < -0.3 is 10.4 Å². The molecule has 0 aliphatic carbocycles. The first-order valence-corrected chi connectivity index (χ1v) is 8.16. The first-order chi connectivity index (χ1) is 10.4. The average Bonchev–Trinajstić information content (AvgIpc) is 2.94. The van der Waals surface area contributed by atoms with Crippen molar-refractivity contribution in [1.29, 1.82) is 0 Å². The topological polar surface area (TPSA) is 70.4 Å². The first-order valence-electron chi connectivity index (χ1n) is 8.16. The minimum Gasteiger partial charge on any atom is -0.393 e. The molecule has 2 heterocycles. The highest BCUT2D eigenvalue weighted by Gasteiger charge is 2.28. The molecule has 2 unspecified atom stereocenters. The van der Waals surface area contributed by atoms with Gasteiger partial charge in [0.25, 0.3) is 0 Å². The third kappa shape index (κ3) is 3.87. The van der Waals surface area contributed by atoms with Crippen molar-refractivity contribution in [3.05, 3.63) is 12.3 Å². The van der Waals surface area contributed by atoms with Crippen molar-refractivity contribution in [2.45, 2.75) is 58.7 Å². The predicted octanol–water partition coefficient (Wildman–Crippen LogP) is 1.88. The lowest BCUT2D eigenvalue weighted by Gasteiger charge is -2.36. The van der Waals surface area contributed by atoms with Gasteiger partial charge in [0, 0.05) is 12.1 Å². The number of piperidine rings is 1. The summed E-state index contributed by atoms with van der Waals surface area (Å²) in [5.74, 6) is 1.09. The summed E-state index contributed by atoms with van der Waals surface area (Å²) in [5.41, 5.74) is 0. The van der Waals surface area contributed by atoms with Gasteiger partial charge in [0.1, 0.15) is 5.82 Å². The Kier molecular flexibility index (Phi) is 5.58. The number of carbonyl (C=O) groups excluding carboxylic acids is 1. The quantitative estimate of drug-likeness (QED) is 0.871. The molecule has 0 aromatic carbocycles. The maximum atomic E-state index is 12.5. The molecule has 2 rings (SSSR count). The zero-order valence-electron chi connectivity index (χ0n) is 14.0. The third-order valence-corrected chi connectivity index (χ3v) is 4.59. The summed E-state index contributed by atoms with van der Waals surface area (Å²) >= 11 is 0. The fraction of sp³-hybridized carbons (Fsp3) is 0.750. The van der Waals surface area contributed by atoms with Crippen molar-refractivity contribution in [2.24, 2.45) is 5.92 Å². The molecule has 1 aliphatic rings. The van der Waals surface area contributed by atoms with Crippen LogP contribution in [0.5, 0.6) is 0 Å². The van der Waals surface area contributed by atoms with Crippen LogP contribution >= 0.6 is 0 Å². The van der Waals surface area contributed by atoms with Gasteiger partial charge in [-0.1, -0.05) is 0 Å². The van der Waals surface area contributed by atoms with Crippen LogP contribution in [0.2, 0.25) is 0 Å². The van der Waals surface area contributed by atoms with Gasteiger partial charge in [-0.3, -0.25) is 9.69 Å². The second-order valence-electron chi connectivity index (χ2n) is 6.53. The van der Waals surface area contributed by atoms with Crippen molar-refractivity contribution in [3.63, 3.8) is 0 Å². The van der Waals surface area contributed by atoms with Crippen molar-refractivity contribution < 1.29 is 9.90 Å². The van der Waals surface area contributed by atoms with Crippen LogP contribution in [-0.4, -0.2) is 50.9 Å². The van der Waals surface area contributed by atoms with Crippen molar-refractivity contribution >= 4 is 11.7 Å². The number of anilines is 1.